The number of halogens is 4. The average molecular weight is 544 g/mol. The largest absolute Gasteiger partial charge is 0.483 e. The number of ether oxygens (including phenoxy) is 2. The van der Waals surface area contributed by atoms with Gasteiger partial charge >= 0.3 is 12.1 Å². The molecule has 1 heterocycles. The Morgan fingerprint density at radius 3 is 2.26 bits per heavy atom. The summed E-state index contributed by atoms with van der Waals surface area (Å²) in [5.74, 6) is -1.71. The maximum absolute atomic E-state index is 13.5. The van der Waals surface area contributed by atoms with Gasteiger partial charge in [-0.05, 0) is 68.8 Å². The van der Waals surface area contributed by atoms with Gasteiger partial charge in [-0.3, -0.25) is 4.79 Å². The maximum atomic E-state index is 13.5. The Morgan fingerprint density at radius 1 is 0.949 bits per heavy atom. The zero-order valence-corrected chi connectivity index (χ0v) is 21.5. The van der Waals surface area contributed by atoms with Gasteiger partial charge in [-0.25, -0.2) is 9.18 Å². The standard InChI is InChI=1S/C29H25F4NO5/c1-28(2,3)39-27(36)18-7-5-6-17(12-18)20-13-21-23(14-22(20)37-15-29(31,32)33)38-25(24(21)26(35)34-4)16-8-10-19(30)11-9-16/h5-14H,15H2,1-4H3,(H,34,35). The minimum Gasteiger partial charge on any atom is -0.483 e. The molecule has 204 valence electrons. The van der Waals surface area contributed by atoms with Crippen LogP contribution in [0.15, 0.2) is 65.1 Å². The lowest BCUT2D eigenvalue weighted by molar-refractivity contribution is -0.153. The minimum absolute atomic E-state index is 0.0807. The number of rotatable bonds is 6. The van der Waals surface area contributed by atoms with Gasteiger partial charge in [0.05, 0.1) is 11.1 Å². The van der Waals surface area contributed by atoms with Gasteiger partial charge in [-0.2, -0.15) is 13.2 Å². The first-order valence-corrected chi connectivity index (χ1v) is 11.9. The topological polar surface area (TPSA) is 77.8 Å². The van der Waals surface area contributed by atoms with Crippen LogP contribution < -0.4 is 10.1 Å². The van der Waals surface area contributed by atoms with Gasteiger partial charge in [0.15, 0.2) is 6.61 Å². The van der Waals surface area contributed by atoms with E-state index < -0.39 is 36.1 Å². The molecule has 0 unspecified atom stereocenters. The summed E-state index contributed by atoms with van der Waals surface area (Å²) in [5.41, 5.74) is 0.525. The normalized spacial score (nSPS) is 11.9. The van der Waals surface area contributed by atoms with Gasteiger partial charge < -0.3 is 19.2 Å². The number of furan rings is 1. The molecule has 0 spiro atoms. The van der Waals surface area contributed by atoms with Gasteiger partial charge in [0, 0.05) is 29.6 Å². The summed E-state index contributed by atoms with van der Waals surface area (Å²) in [6, 6.07) is 14.1. The van der Waals surface area contributed by atoms with E-state index in [1.54, 1.807) is 32.9 Å². The van der Waals surface area contributed by atoms with Crippen molar-refractivity contribution in [3.63, 3.8) is 0 Å². The van der Waals surface area contributed by atoms with Crippen LogP contribution in [0.5, 0.6) is 5.75 Å². The van der Waals surface area contributed by atoms with Crippen molar-refractivity contribution in [3.05, 3.63) is 77.6 Å². The van der Waals surface area contributed by atoms with Gasteiger partial charge in [0.1, 0.15) is 28.5 Å². The SMILES string of the molecule is CNC(=O)c1c(-c2ccc(F)cc2)oc2cc(OCC(F)(F)F)c(-c3cccc(C(=O)OC(C)(C)C)c3)cc12. The van der Waals surface area contributed by atoms with E-state index in [1.807, 2.05) is 0 Å². The van der Waals surface area contributed by atoms with Crippen molar-refractivity contribution in [1.29, 1.82) is 0 Å². The van der Waals surface area contributed by atoms with Crippen molar-refractivity contribution < 1.29 is 41.0 Å². The van der Waals surface area contributed by atoms with E-state index in [9.17, 15) is 27.2 Å². The maximum Gasteiger partial charge on any atom is 0.422 e. The smallest absolute Gasteiger partial charge is 0.422 e. The second-order valence-electron chi connectivity index (χ2n) is 9.72. The number of hydrogen-bond acceptors (Lipinski definition) is 5. The molecule has 0 atom stereocenters. The molecule has 10 heteroatoms. The van der Waals surface area contributed by atoms with Crippen molar-refractivity contribution in [2.75, 3.05) is 13.7 Å². The zero-order valence-electron chi connectivity index (χ0n) is 21.5. The Bertz CT molecular complexity index is 1530. The molecule has 4 aromatic rings. The highest BCUT2D eigenvalue weighted by Crippen LogP contribution is 2.41. The Morgan fingerprint density at radius 2 is 1.64 bits per heavy atom. The molecule has 0 aliphatic heterocycles. The summed E-state index contributed by atoms with van der Waals surface area (Å²) in [5, 5.41) is 2.81. The van der Waals surface area contributed by atoms with Gasteiger partial charge in [0.25, 0.3) is 5.91 Å². The molecule has 6 nitrogen and oxygen atoms in total. The Balaban J connectivity index is 1.93. The van der Waals surface area contributed by atoms with Gasteiger partial charge in [-0.15, -0.1) is 0 Å². The molecular weight excluding hydrogens is 518 g/mol. The molecule has 0 aliphatic rings. The number of carbonyl (C=O) groups excluding carboxylic acids is 2. The second-order valence-corrected chi connectivity index (χ2v) is 9.72. The van der Waals surface area contributed by atoms with Crippen LogP contribution in [0.1, 0.15) is 41.5 Å². The first-order chi connectivity index (χ1) is 18.3. The third kappa shape index (κ3) is 6.39. The van der Waals surface area contributed by atoms with Crippen LogP contribution in [-0.2, 0) is 4.74 Å². The minimum atomic E-state index is -4.62. The van der Waals surface area contributed by atoms with E-state index in [1.165, 1.54) is 55.6 Å². The van der Waals surface area contributed by atoms with Crippen molar-refractivity contribution in [2.45, 2.75) is 32.5 Å². The molecular formula is C29H25F4NO5. The number of hydrogen-bond donors (Lipinski definition) is 1. The molecule has 39 heavy (non-hydrogen) atoms. The quantitative estimate of drug-likeness (QED) is 0.206. The molecule has 1 amide bonds. The summed E-state index contributed by atoms with van der Waals surface area (Å²) in [4.78, 5) is 25.6. The van der Waals surface area contributed by atoms with E-state index in [-0.39, 0.29) is 39.2 Å². The van der Waals surface area contributed by atoms with Crippen molar-refractivity contribution in [1.82, 2.24) is 5.32 Å². The van der Waals surface area contributed by atoms with Gasteiger partial charge in [0.2, 0.25) is 0 Å². The van der Waals surface area contributed by atoms with E-state index >= 15 is 0 Å². The summed E-state index contributed by atoms with van der Waals surface area (Å²) >= 11 is 0. The molecule has 4 rings (SSSR count). The molecule has 0 aliphatic carbocycles. The average Bonchev–Trinajstić information content (AvgIpc) is 3.24. The number of amides is 1. The van der Waals surface area contributed by atoms with E-state index in [2.05, 4.69) is 5.32 Å². The van der Waals surface area contributed by atoms with Crippen LogP contribution in [0.4, 0.5) is 17.6 Å². The molecule has 0 radical (unpaired) electrons. The molecule has 0 saturated heterocycles. The predicted molar refractivity (Wildman–Crippen MR) is 137 cm³/mol. The number of fused-ring (bicyclic) bond motifs is 1. The Labute approximate surface area is 221 Å². The zero-order chi connectivity index (χ0) is 28.5. The number of nitrogens with one attached hydrogen (secondary N) is 1. The molecule has 0 bridgehead atoms. The lowest BCUT2D eigenvalue weighted by Crippen LogP contribution is -2.23. The number of esters is 1. The second kappa shape index (κ2) is 10.4. The highest BCUT2D eigenvalue weighted by Gasteiger charge is 2.30. The molecule has 1 aromatic heterocycles. The summed E-state index contributed by atoms with van der Waals surface area (Å²) < 4.78 is 69.3. The number of carbonyl (C=O) groups is 2. The van der Waals surface area contributed by atoms with Crippen LogP contribution in [0.3, 0.4) is 0 Å². The lowest BCUT2D eigenvalue weighted by Gasteiger charge is -2.20. The van der Waals surface area contributed by atoms with Crippen LogP contribution in [0.2, 0.25) is 0 Å². The van der Waals surface area contributed by atoms with Crippen molar-refractivity contribution >= 4 is 22.8 Å². The van der Waals surface area contributed by atoms with Crippen molar-refractivity contribution in [2.24, 2.45) is 0 Å². The van der Waals surface area contributed by atoms with E-state index in [4.69, 9.17) is 13.9 Å². The summed E-state index contributed by atoms with van der Waals surface area (Å²) in [6.07, 6.45) is -4.62. The van der Waals surface area contributed by atoms with Crippen LogP contribution in [-0.4, -0.2) is 37.3 Å². The molecule has 3 aromatic carbocycles. The number of alkyl halides is 3. The molecule has 0 saturated carbocycles. The van der Waals surface area contributed by atoms with E-state index in [0.29, 0.717) is 11.1 Å². The highest BCUT2D eigenvalue weighted by atomic mass is 19.4. The Hall–Kier alpha value is -4.34. The first kappa shape index (κ1) is 27.7. The monoisotopic (exact) mass is 543 g/mol. The van der Waals surface area contributed by atoms with Crippen LogP contribution in [0.25, 0.3) is 33.4 Å². The molecule has 0 fully saturated rings. The van der Waals surface area contributed by atoms with Crippen LogP contribution in [0, 0.1) is 5.82 Å². The predicted octanol–water partition coefficient (Wildman–Crippen LogP) is 7.16. The fourth-order valence-corrected chi connectivity index (χ4v) is 3.93. The highest BCUT2D eigenvalue weighted by molar-refractivity contribution is 6.12. The fourth-order valence-electron chi connectivity index (χ4n) is 3.93. The van der Waals surface area contributed by atoms with Crippen molar-refractivity contribution in [3.8, 4) is 28.2 Å². The number of benzene rings is 3. The summed E-state index contributed by atoms with van der Waals surface area (Å²) in [6.45, 7) is 3.56. The fraction of sp³-hybridized carbons (Fsp3) is 0.241. The third-order valence-electron chi connectivity index (χ3n) is 5.55. The van der Waals surface area contributed by atoms with Gasteiger partial charge in [-0.1, -0.05) is 12.1 Å². The third-order valence-corrected chi connectivity index (χ3v) is 5.55. The summed E-state index contributed by atoms with van der Waals surface area (Å²) in [7, 11) is 1.42. The van der Waals surface area contributed by atoms with Crippen LogP contribution >= 0.6 is 0 Å². The molecule has 1 N–H and O–H groups in total. The van der Waals surface area contributed by atoms with E-state index in [0.717, 1.165) is 0 Å². The lowest BCUT2D eigenvalue weighted by atomic mass is 9.98. The first-order valence-electron chi connectivity index (χ1n) is 11.9. The Kier molecular flexibility index (Phi) is 7.41.